The molecular formula is C13H17Cl2FN4. The summed E-state index contributed by atoms with van der Waals surface area (Å²) < 4.78 is 14.9. The molecule has 0 aliphatic carbocycles. The molecule has 4 nitrogen and oxygen atoms in total. The van der Waals surface area contributed by atoms with Crippen molar-refractivity contribution in [3.05, 3.63) is 34.6 Å². The summed E-state index contributed by atoms with van der Waals surface area (Å²) >= 11 is 6.18. The number of nitrogens with zero attached hydrogens (tertiary/aromatic N) is 4. The quantitative estimate of drug-likeness (QED) is 0.614. The second-order valence-electron chi connectivity index (χ2n) is 6.06. The molecule has 4 aliphatic heterocycles. The summed E-state index contributed by atoms with van der Waals surface area (Å²) in [6.07, 6.45) is 0. The minimum Gasteiger partial charge on any atom is -1.00 e. The Hall–Kier alpha value is -0.430. The highest BCUT2D eigenvalue weighted by Gasteiger charge is 2.48. The lowest BCUT2D eigenvalue weighted by molar-refractivity contribution is -0.991. The number of hydrogen-bond acceptors (Lipinski definition) is 3. The van der Waals surface area contributed by atoms with E-state index < -0.39 is 0 Å². The van der Waals surface area contributed by atoms with Gasteiger partial charge in [-0.1, -0.05) is 17.7 Å². The Morgan fingerprint density at radius 3 is 2.10 bits per heavy atom. The molecule has 4 bridgehead atoms. The smallest absolute Gasteiger partial charge is 0.139 e. The van der Waals surface area contributed by atoms with Crippen LogP contribution in [0.1, 0.15) is 5.56 Å². The van der Waals surface area contributed by atoms with Crippen LogP contribution in [0.4, 0.5) is 4.39 Å². The minimum atomic E-state index is -0.179. The summed E-state index contributed by atoms with van der Waals surface area (Å²) in [6.45, 7) is 6.80. The highest BCUT2D eigenvalue weighted by atomic mass is 35.5. The molecule has 1 aromatic carbocycles. The fourth-order valence-electron chi connectivity index (χ4n) is 3.83. The predicted octanol–water partition coefficient (Wildman–Crippen LogP) is -1.51. The Balaban J connectivity index is 0.00000121. The first kappa shape index (κ1) is 14.5. The summed E-state index contributed by atoms with van der Waals surface area (Å²) in [4.78, 5) is 7.27. The monoisotopic (exact) mass is 318 g/mol. The molecule has 4 saturated heterocycles. The number of hydrogen-bond donors (Lipinski definition) is 0. The van der Waals surface area contributed by atoms with Gasteiger partial charge < -0.3 is 12.4 Å². The van der Waals surface area contributed by atoms with Gasteiger partial charge in [-0.2, -0.15) is 0 Å². The van der Waals surface area contributed by atoms with Crippen molar-refractivity contribution < 1.29 is 21.3 Å². The highest BCUT2D eigenvalue weighted by molar-refractivity contribution is 6.31. The van der Waals surface area contributed by atoms with E-state index in [1.165, 1.54) is 6.07 Å². The largest absolute Gasteiger partial charge is 1.00 e. The van der Waals surface area contributed by atoms with Crippen molar-refractivity contribution in [2.75, 3.05) is 40.0 Å². The Morgan fingerprint density at radius 2 is 1.60 bits per heavy atom. The fraction of sp³-hybridized carbons (Fsp3) is 0.538. The van der Waals surface area contributed by atoms with Crippen molar-refractivity contribution in [3.8, 4) is 0 Å². The Kier molecular flexibility index (Phi) is 3.69. The topological polar surface area (TPSA) is 9.72 Å². The van der Waals surface area contributed by atoms with Gasteiger partial charge in [-0.05, 0) is 12.1 Å². The molecular weight excluding hydrogens is 302 g/mol. The third-order valence-corrected chi connectivity index (χ3v) is 4.61. The molecule has 4 aliphatic rings. The van der Waals surface area contributed by atoms with Crippen molar-refractivity contribution in [1.29, 1.82) is 0 Å². The van der Waals surface area contributed by atoms with Gasteiger partial charge in [0.15, 0.2) is 0 Å². The average molecular weight is 319 g/mol. The molecule has 7 heteroatoms. The Morgan fingerprint density at radius 1 is 1.05 bits per heavy atom. The number of benzene rings is 1. The SMILES string of the molecule is Fc1cccc(Cl)c1C[N+]12CN3CN(CN(C3)C1)C2.[Cl-]. The summed E-state index contributed by atoms with van der Waals surface area (Å²) in [6, 6.07) is 4.96. The highest BCUT2D eigenvalue weighted by Crippen LogP contribution is 2.32. The van der Waals surface area contributed by atoms with Crippen LogP contribution in [0, 0.1) is 5.82 Å². The van der Waals surface area contributed by atoms with Crippen LogP contribution in [-0.2, 0) is 6.54 Å². The zero-order valence-corrected chi connectivity index (χ0v) is 12.6. The van der Waals surface area contributed by atoms with Gasteiger partial charge in [-0.15, -0.1) is 0 Å². The van der Waals surface area contributed by atoms with E-state index in [1.807, 2.05) is 0 Å². The fourth-order valence-corrected chi connectivity index (χ4v) is 4.05. The maximum absolute atomic E-state index is 14.0. The van der Waals surface area contributed by atoms with Gasteiger partial charge in [0.1, 0.15) is 32.4 Å². The molecule has 0 spiro atoms. The lowest BCUT2D eigenvalue weighted by Gasteiger charge is -2.60. The second-order valence-corrected chi connectivity index (χ2v) is 6.47. The lowest BCUT2D eigenvalue weighted by Crippen LogP contribution is -3.00. The van der Waals surface area contributed by atoms with Crippen LogP contribution in [0.5, 0.6) is 0 Å². The summed E-state index contributed by atoms with van der Waals surface area (Å²) in [5.74, 6) is -0.179. The van der Waals surface area contributed by atoms with E-state index in [2.05, 4.69) is 14.7 Å². The van der Waals surface area contributed by atoms with Crippen LogP contribution in [-0.4, -0.2) is 59.2 Å². The first-order valence-corrected chi connectivity index (χ1v) is 6.96. The van der Waals surface area contributed by atoms with Crippen LogP contribution < -0.4 is 12.4 Å². The molecule has 0 radical (unpaired) electrons. The van der Waals surface area contributed by atoms with E-state index in [0.717, 1.165) is 44.5 Å². The zero-order chi connectivity index (χ0) is 13.0. The maximum atomic E-state index is 14.0. The first-order chi connectivity index (χ1) is 9.13. The average Bonchev–Trinajstić information content (AvgIpc) is 2.32. The normalized spacial score (nSPS) is 37.8. The predicted molar refractivity (Wildman–Crippen MR) is 70.1 cm³/mol. The molecule has 1 aromatic rings. The van der Waals surface area contributed by atoms with Gasteiger partial charge >= 0.3 is 0 Å². The van der Waals surface area contributed by atoms with E-state index >= 15 is 0 Å². The van der Waals surface area contributed by atoms with Gasteiger partial charge in [0, 0.05) is 0 Å². The lowest BCUT2D eigenvalue weighted by atomic mass is 10.1. The van der Waals surface area contributed by atoms with Gasteiger partial charge in [-0.25, -0.2) is 19.1 Å². The minimum absolute atomic E-state index is 0. The first-order valence-electron chi connectivity index (χ1n) is 6.59. The molecule has 0 atom stereocenters. The van der Waals surface area contributed by atoms with Crippen LogP contribution in [0.25, 0.3) is 0 Å². The molecule has 0 saturated carbocycles. The van der Waals surface area contributed by atoms with Crippen LogP contribution in [0.15, 0.2) is 18.2 Å². The number of rotatable bonds is 2. The van der Waals surface area contributed by atoms with Gasteiger partial charge in [0.2, 0.25) is 0 Å². The summed E-state index contributed by atoms with van der Waals surface area (Å²) in [5.41, 5.74) is 0.662. The Labute approximate surface area is 129 Å². The Bertz CT molecular complexity index is 470. The van der Waals surface area contributed by atoms with Crippen molar-refractivity contribution >= 4 is 11.6 Å². The van der Waals surface area contributed by atoms with Gasteiger partial charge in [-0.3, -0.25) is 4.48 Å². The molecule has 0 N–H and O–H groups in total. The van der Waals surface area contributed by atoms with Crippen LogP contribution in [0.3, 0.4) is 0 Å². The molecule has 4 heterocycles. The van der Waals surface area contributed by atoms with Crippen LogP contribution in [0.2, 0.25) is 5.02 Å². The number of quaternary nitrogens is 1. The van der Waals surface area contributed by atoms with Gasteiger partial charge in [0.25, 0.3) is 0 Å². The summed E-state index contributed by atoms with van der Waals surface area (Å²) in [7, 11) is 0. The molecule has 4 fully saturated rings. The molecule has 0 aromatic heterocycles. The van der Waals surface area contributed by atoms with Crippen molar-refractivity contribution in [2.24, 2.45) is 0 Å². The molecule has 0 amide bonds. The van der Waals surface area contributed by atoms with Crippen molar-refractivity contribution in [2.45, 2.75) is 6.54 Å². The molecule has 5 rings (SSSR count). The van der Waals surface area contributed by atoms with E-state index in [1.54, 1.807) is 12.1 Å². The van der Waals surface area contributed by atoms with E-state index in [-0.39, 0.29) is 18.2 Å². The second kappa shape index (κ2) is 5.09. The van der Waals surface area contributed by atoms with Crippen molar-refractivity contribution in [3.63, 3.8) is 0 Å². The third kappa shape index (κ3) is 2.32. The molecule has 0 unspecified atom stereocenters. The molecule has 20 heavy (non-hydrogen) atoms. The van der Waals surface area contributed by atoms with Crippen molar-refractivity contribution in [1.82, 2.24) is 14.7 Å². The standard InChI is InChI=1S/C13H17ClFN4.ClH/c14-12-2-1-3-13(15)11(12)4-19-8-16-5-17(9-19)7-18(6-16)10-19;/h1-3H,4-10H2;1H/q+1;/p-1. The number of halogens is 3. The maximum Gasteiger partial charge on any atom is 0.139 e. The van der Waals surface area contributed by atoms with E-state index in [4.69, 9.17) is 11.6 Å². The zero-order valence-electron chi connectivity index (χ0n) is 11.1. The summed E-state index contributed by atoms with van der Waals surface area (Å²) in [5, 5.41) is 0.550. The third-order valence-electron chi connectivity index (χ3n) is 4.26. The van der Waals surface area contributed by atoms with E-state index in [9.17, 15) is 4.39 Å². The van der Waals surface area contributed by atoms with Crippen LogP contribution >= 0.6 is 11.6 Å². The van der Waals surface area contributed by atoms with E-state index in [0.29, 0.717) is 17.1 Å². The van der Waals surface area contributed by atoms with Gasteiger partial charge in [0.05, 0.1) is 30.6 Å². The molecule has 110 valence electrons.